The third-order valence-corrected chi connectivity index (χ3v) is 3.52. The summed E-state index contributed by atoms with van der Waals surface area (Å²) in [5.74, 6) is -1.58. The van der Waals surface area contributed by atoms with Gasteiger partial charge in [0.15, 0.2) is 5.82 Å². The third kappa shape index (κ3) is 3.70. The van der Waals surface area contributed by atoms with Crippen molar-refractivity contribution < 1.29 is 8.78 Å². The van der Waals surface area contributed by atoms with Gasteiger partial charge in [-0.25, -0.2) is 0 Å². The van der Waals surface area contributed by atoms with Crippen molar-refractivity contribution in [2.75, 3.05) is 11.9 Å². The molecule has 0 N–H and O–H groups in total. The fourth-order valence-electron chi connectivity index (χ4n) is 1.79. The largest absolute Gasteiger partial charge is 0.354 e. The Morgan fingerprint density at radius 1 is 1.32 bits per heavy atom. The molecule has 0 aliphatic rings. The van der Waals surface area contributed by atoms with E-state index in [1.165, 1.54) is 0 Å². The molecule has 0 fully saturated rings. The molecule has 1 heterocycles. The lowest BCUT2D eigenvalue weighted by Gasteiger charge is -2.18. The summed E-state index contributed by atoms with van der Waals surface area (Å²) in [6, 6.07) is 9.11. The quantitative estimate of drug-likeness (QED) is 0.785. The number of benzene rings is 1. The molecule has 0 bridgehead atoms. The fraction of sp³-hybridized carbons (Fsp3) is 0.308. The Balaban J connectivity index is 2.14. The Morgan fingerprint density at radius 2 is 2.05 bits per heavy atom. The Kier molecular flexibility index (Phi) is 4.42. The van der Waals surface area contributed by atoms with Crippen LogP contribution in [0.15, 0.2) is 41.4 Å². The van der Waals surface area contributed by atoms with Gasteiger partial charge >= 0.3 is 0 Å². The van der Waals surface area contributed by atoms with E-state index in [0.29, 0.717) is 23.2 Å². The minimum Gasteiger partial charge on any atom is -0.354 e. The van der Waals surface area contributed by atoms with Crippen molar-refractivity contribution in [3.8, 4) is 0 Å². The zero-order chi connectivity index (χ0) is 13.8. The molecule has 2 aromatic rings. The molecule has 2 rings (SSSR count). The molecule has 1 aromatic heterocycles. The summed E-state index contributed by atoms with van der Waals surface area (Å²) in [4.78, 5) is 2.55. The molecule has 0 amide bonds. The Bertz CT molecular complexity index is 542. The zero-order valence-corrected chi connectivity index (χ0v) is 11.6. The first kappa shape index (κ1) is 13.9. The second kappa shape index (κ2) is 6.06. The van der Waals surface area contributed by atoms with Crippen molar-refractivity contribution in [3.63, 3.8) is 0 Å². The summed E-state index contributed by atoms with van der Waals surface area (Å²) in [5.41, 5.74) is 0.876. The Labute approximate surface area is 115 Å². The highest BCUT2D eigenvalue weighted by Gasteiger charge is 2.12. The molecule has 0 saturated heterocycles. The number of hydrogen-bond acceptors (Lipinski definition) is 3. The summed E-state index contributed by atoms with van der Waals surface area (Å²) >= 11 is 0.582. The van der Waals surface area contributed by atoms with Crippen LogP contribution in [-0.2, 0) is 13.6 Å². The normalized spacial score (nSPS) is 11.0. The van der Waals surface area contributed by atoms with Gasteiger partial charge in [0.05, 0.1) is 0 Å². The molecule has 19 heavy (non-hydrogen) atoms. The van der Waals surface area contributed by atoms with Crippen LogP contribution in [0.3, 0.4) is 0 Å². The summed E-state index contributed by atoms with van der Waals surface area (Å²) < 4.78 is 26.7. The number of anilines is 1. The monoisotopic (exact) mass is 283 g/mol. The molecule has 3 nitrogen and oxygen atoms in total. The molecular weight excluding hydrogens is 268 g/mol. The maximum Gasteiger partial charge on any atom is 0.288 e. The number of halogens is 2. The van der Waals surface area contributed by atoms with Gasteiger partial charge in [-0.2, -0.15) is 13.9 Å². The molecule has 0 aliphatic carbocycles. The molecule has 0 saturated carbocycles. The van der Waals surface area contributed by atoms with Crippen LogP contribution in [0.2, 0.25) is 0 Å². The van der Waals surface area contributed by atoms with E-state index in [1.807, 2.05) is 43.4 Å². The number of hydrogen-bond donors (Lipinski definition) is 0. The summed E-state index contributed by atoms with van der Waals surface area (Å²) in [6.07, 6.45) is 1.85. The van der Waals surface area contributed by atoms with Crippen molar-refractivity contribution in [3.05, 3.63) is 42.1 Å². The maximum absolute atomic E-state index is 12.5. The second-order valence-electron chi connectivity index (χ2n) is 4.19. The van der Waals surface area contributed by atoms with Gasteiger partial charge in [0.25, 0.3) is 5.76 Å². The van der Waals surface area contributed by atoms with Crippen molar-refractivity contribution in [1.82, 2.24) is 9.78 Å². The van der Waals surface area contributed by atoms with Gasteiger partial charge < -0.3 is 4.90 Å². The number of nitrogens with zero attached hydrogens (tertiary/aromatic N) is 3. The lowest BCUT2D eigenvalue weighted by Crippen LogP contribution is -2.17. The van der Waals surface area contributed by atoms with Gasteiger partial charge in [-0.15, -0.1) is 0 Å². The number of rotatable bonds is 5. The molecule has 0 atom stereocenters. The first-order valence-electron chi connectivity index (χ1n) is 5.80. The van der Waals surface area contributed by atoms with Gasteiger partial charge in [0.1, 0.15) is 0 Å². The lowest BCUT2D eigenvalue weighted by molar-refractivity contribution is 0.252. The fourth-order valence-corrected chi connectivity index (χ4v) is 2.42. The van der Waals surface area contributed by atoms with E-state index >= 15 is 0 Å². The van der Waals surface area contributed by atoms with Gasteiger partial charge in [-0.05, 0) is 11.6 Å². The highest BCUT2D eigenvalue weighted by atomic mass is 32.2. The van der Waals surface area contributed by atoms with Crippen LogP contribution in [-0.4, -0.2) is 22.6 Å². The highest BCUT2D eigenvalue weighted by Crippen LogP contribution is 2.29. The Hall–Kier alpha value is -1.56. The molecular formula is C13H15F2N3S. The van der Waals surface area contributed by atoms with Gasteiger partial charge in [0.2, 0.25) is 0 Å². The van der Waals surface area contributed by atoms with Gasteiger partial charge in [0, 0.05) is 37.8 Å². The van der Waals surface area contributed by atoms with E-state index < -0.39 is 5.76 Å². The first-order valence-corrected chi connectivity index (χ1v) is 6.67. The molecule has 0 unspecified atom stereocenters. The van der Waals surface area contributed by atoms with Crippen molar-refractivity contribution in [1.29, 1.82) is 0 Å². The summed E-state index contributed by atoms with van der Waals surface area (Å²) in [6.45, 7) is 0.549. The number of thioether (sulfide) groups is 1. The predicted molar refractivity (Wildman–Crippen MR) is 73.6 cm³/mol. The van der Waals surface area contributed by atoms with E-state index in [9.17, 15) is 8.78 Å². The highest BCUT2D eigenvalue weighted by molar-refractivity contribution is 7.99. The third-order valence-electron chi connectivity index (χ3n) is 2.69. The molecule has 6 heteroatoms. The predicted octanol–water partition coefficient (Wildman–Crippen LogP) is 3.37. The molecule has 0 aliphatic heterocycles. The van der Waals surface area contributed by atoms with Crippen LogP contribution < -0.4 is 4.90 Å². The van der Waals surface area contributed by atoms with Gasteiger partial charge in [-0.1, -0.05) is 30.0 Å². The van der Waals surface area contributed by atoms with E-state index in [-0.39, 0.29) is 0 Å². The molecule has 0 radical (unpaired) electrons. The van der Waals surface area contributed by atoms with E-state index in [0.717, 1.165) is 11.4 Å². The van der Waals surface area contributed by atoms with Crippen molar-refractivity contribution in [2.45, 2.75) is 17.2 Å². The van der Waals surface area contributed by atoms with Crippen LogP contribution >= 0.6 is 11.8 Å². The molecule has 1 aromatic carbocycles. The van der Waals surface area contributed by atoms with E-state index in [1.54, 1.807) is 16.8 Å². The first-order chi connectivity index (χ1) is 9.06. The minimum absolute atomic E-state index is 0.549. The minimum atomic E-state index is -2.40. The molecule has 0 spiro atoms. The standard InChI is InChI=1S/C13H15F2N3S/c1-17(12-7-8-18(2)16-12)9-10-5-3-4-6-11(10)19-13(14)15/h3-8,13H,9H2,1-2H3. The summed E-state index contributed by atoms with van der Waals surface area (Å²) in [7, 11) is 3.74. The van der Waals surface area contributed by atoms with Crippen LogP contribution in [0, 0.1) is 0 Å². The average Bonchev–Trinajstić information content (AvgIpc) is 2.78. The van der Waals surface area contributed by atoms with Gasteiger partial charge in [-0.3, -0.25) is 4.68 Å². The summed E-state index contributed by atoms with van der Waals surface area (Å²) in [5, 5.41) is 4.29. The second-order valence-corrected chi connectivity index (χ2v) is 5.22. The van der Waals surface area contributed by atoms with E-state index in [4.69, 9.17) is 0 Å². The topological polar surface area (TPSA) is 21.1 Å². The number of aryl methyl sites for hydroxylation is 1. The van der Waals surface area contributed by atoms with E-state index in [2.05, 4.69) is 5.10 Å². The smallest absolute Gasteiger partial charge is 0.288 e. The zero-order valence-electron chi connectivity index (χ0n) is 10.8. The van der Waals surface area contributed by atoms with Crippen LogP contribution in [0.25, 0.3) is 0 Å². The van der Waals surface area contributed by atoms with Crippen molar-refractivity contribution >= 4 is 17.6 Å². The van der Waals surface area contributed by atoms with Crippen LogP contribution in [0.5, 0.6) is 0 Å². The lowest BCUT2D eigenvalue weighted by atomic mass is 10.2. The number of aromatic nitrogens is 2. The number of alkyl halides is 2. The van der Waals surface area contributed by atoms with Crippen LogP contribution in [0.1, 0.15) is 5.56 Å². The Morgan fingerprint density at radius 3 is 2.68 bits per heavy atom. The maximum atomic E-state index is 12.5. The SMILES string of the molecule is CN(Cc1ccccc1SC(F)F)c1ccn(C)n1. The average molecular weight is 283 g/mol. The van der Waals surface area contributed by atoms with Crippen LogP contribution in [0.4, 0.5) is 14.6 Å². The van der Waals surface area contributed by atoms with Crippen molar-refractivity contribution in [2.24, 2.45) is 7.05 Å². The molecule has 102 valence electrons.